The molecule has 0 amide bonds. The molecule has 0 saturated heterocycles. The van der Waals surface area contributed by atoms with Crippen LogP contribution in [0.25, 0.3) is 0 Å². The van der Waals surface area contributed by atoms with Gasteiger partial charge in [0.1, 0.15) is 5.38 Å². The molecule has 0 fully saturated rings. The van der Waals surface area contributed by atoms with E-state index >= 15 is 0 Å². The predicted molar refractivity (Wildman–Crippen MR) is 43.5 cm³/mol. The molecule has 2 unspecified atom stereocenters. The first kappa shape index (κ1) is 10.9. The number of halogens is 1. The van der Waals surface area contributed by atoms with Gasteiger partial charge in [0.2, 0.25) is 12.3 Å². The lowest BCUT2D eigenvalue weighted by Gasteiger charge is -2.08. The van der Waals surface area contributed by atoms with Crippen molar-refractivity contribution in [3.8, 4) is 0 Å². The number of carbonyl (C=O) groups is 1. The average molecular weight is 190 g/mol. The van der Waals surface area contributed by atoms with Gasteiger partial charge in [0, 0.05) is 0 Å². The maximum Gasteiger partial charge on any atom is 0.325 e. The van der Waals surface area contributed by atoms with Crippen molar-refractivity contribution in [2.45, 2.75) is 18.5 Å². The second-order valence-corrected chi connectivity index (χ2v) is 2.55. The Hall–Kier alpha value is -1.12. The summed E-state index contributed by atoms with van der Waals surface area (Å²) in [7, 11) is 0. The van der Waals surface area contributed by atoms with Gasteiger partial charge >= 0.3 is 5.97 Å². The number of ether oxygens (including phenoxy) is 1. The summed E-state index contributed by atoms with van der Waals surface area (Å²) in [5, 5.41) is -0.769. The normalized spacial score (nSPS) is 13.8. The Morgan fingerprint density at radius 2 is 2.42 bits per heavy atom. The van der Waals surface area contributed by atoms with E-state index in [0.717, 1.165) is 0 Å². The van der Waals surface area contributed by atoms with Gasteiger partial charge in [0.25, 0.3) is 0 Å². The molecule has 0 bridgehead atoms. The van der Waals surface area contributed by atoms with Crippen LogP contribution in [0, 0.1) is 0 Å². The van der Waals surface area contributed by atoms with Crippen LogP contribution in [0.1, 0.15) is 6.92 Å². The van der Waals surface area contributed by atoms with E-state index in [9.17, 15) is 9.59 Å². The number of hydrogen-bond acceptors (Lipinski definition) is 4. The zero-order valence-electron chi connectivity index (χ0n) is 6.49. The fourth-order valence-corrected chi connectivity index (χ4v) is 0.443. The summed E-state index contributed by atoms with van der Waals surface area (Å²) < 4.78 is 4.58. The highest BCUT2D eigenvalue weighted by Crippen LogP contribution is 2.02. The van der Waals surface area contributed by atoms with Gasteiger partial charge in [-0.3, -0.25) is 4.79 Å². The van der Waals surface area contributed by atoms with E-state index < -0.39 is 17.6 Å². The van der Waals surface area contributed by atoms with Crippen LogP contribution in [0.5, 0.6) is 0 Å². The summed E-state index contributed by atoms with van der Waals surface area (Å²) in [6, 6.07) is 0. The van der Waals surface area contributed by atoms with Gasteiger partial charge in [-0.15, -0.1) is 11.6 Å². The molecule has 0 N–H and O–H groups in total. The third-order valence-corrected chi connectivity index (χ3v) is 1.12. The molecule has 0 heterocycles. The fraction of sp³-hybridized carbons (Fsp3) is 0.429. The number of aliphatic imine (C=N–C) groups is 1. The second-order valence-electron chi connectivity index (χ2n) is 1.90. The van der Waals surface area contributed by atoms with E-state index in [1.54, 1.807) is 0 Å². The number of alkyl halides is 1. The minimum atomic E-state index is -0.990. The molecule has 0 aliphatic carbocycles. The Labute approximate surface area is 74.9 Å². The van der Waals surface area contributed by atoms with Crippen LogP contribution < -0.4 is 0 Å². The molecular formula is C7H8ClNO3. The highest BCUT2D eigenvalue weighted by atomic mass is 35.5. The first-order chi connectivity index (χ1) is 5.61. The molecule has 0 saturated carbocycles. The van der Waals surface area contributed by atoms with E-state index in [1.165, 1.54) is 19.1 Å². The predicted octanol–water partition coefficient (Wildman–Crippen LogP) is 1.00. The molecule has 0 aromatic carbocycles. The average Bonchev–Trinajstić information content (AvgIpc) is 2.03. The summed E-state index contributed by atoms with van der Waals surface area (Å²) in [4.78, 5) is 23.7. The lowest BCUT2D eigenvalue weighted by atomic mass is 10.5. The summed E-state index contributed by atoms with van der Waals surface area (Å²) >= 11 is 5.38. The molecule has 0 spiro atoms. The molecular weight excluding hydrogens is 182 g/mol. The smallest absolute Gasteiger partial charge is 0.325 e. The molecule has 0 aliphatic heterocycles. The molecule has 0 aliphatic rings. The van der Waals surface area contributed by atoms with Crippen LogP contribution >= 0.6 is 11.6 Å². The van der Waals surface area contributed by atoms with Crippen molar-refractivity contribution in [1.82, 2.24) is 0 Å². The first-order valence-corrected chi connectivity index (χ1v) is 3.59. The summed E-state index contributed by atoms with van der Waals surface area (Å²) in [5.41, 5.74) is 0. The number of hydrogen-bond donors (Lipinski definition) is 0. The monoisotopic (exact) mass is 189 g/mol. The molecule has 0 aromatic heterocycles. The Morgan fingerprint density at radius 3 is 2.75 bits per heavy atom. The Kier molecular flexibility index (Phi) is 5.00. The van der Waals surface area contributed by atoms with Crippen molar-refractivity contribution in [3.05, 3.63) is 12.7 Å². The molecule has 0 aromatic rings. The maximum atomic E-state index is 10.8. The number of isocyanates is 1. The highest BCUT2D eigenvalue weighted by Gasteiger charge is 2.14. The topological polar surface area (TPSA) is 55.7 Å². The van der Waals surface area contributed by atoms with Crippen LogP contribution in [-0.2, 0) is 14.3 Å². The summed E-state index contributed by atoms with van der Waals surface area (Å²) in [6.07, 6.45) is 1.45. The van der Waals surface area contributed by atoms with Crippen LogP contribution in [0.2, 0.25) is 0 Å². The van der Waals surface area contributed by atoms with Crippen molar-refractivity contribution in [3.63, 3.8) is 0 Å². The molecule has 12 heavy (non-hydrogen) atoms. The van der Waals surface area contributed by atoms with Gasteiger partial charge in [-0.05, 0) is 13.0 Å². The standard InChI is InChI=1S/C7H8ClNO3/c1-3-6(9-4-10)12-7(11)5(2)8/h3,5-6H,1H2,2H3. The quantitative estimate of drug-likeness (QED) is 0.218. The third-order valence-electron chi connectivity index (χ3n) is 0.943. The van der Waals surface area contributed by atoms with Crippen molar-refractivity contribution in [1.29, 1.82) is 0 Å². The van der Waals surface area contributed by atoms with E-state index in [4.69, 9.17) is 11.6 Å². The van der Waals surface area contributed by atoms with E-state index in [1.807, 2.05) is 0 Å². The summed E-state index contributed by atoms with van der Waals surface area (Å²) in [6.45, 7) is 4.75. The molecule has 4 nitrogen and oxygen atoms in total. The van der Waals surface area contributed by atoms with Crippen molar-refractivity contribution in [2.24, 2.45) is 4.99 Å². The Bertz CT molecular complexity index is 221. The van der Waals surface area contributed by atoms with Gasteiger partial charge in [-0.25, -0.2) is 4.79 Å². The van der Waals surface area contributed by atoms with Crippen LogP contribution in [0.4, 0.5) is 0 Å². The third kappa shape index (κ3) is 3.91. The Morgan fingerprint density at radius 1 is 1.83 bits per heavy atom. The van der Waals surface area contributed by atoms with Crippen molar-refractivity contribution in [2.75, 3.05) is 0 Å². The number of rotatable bonds is 4. The second kappa shape index (κ2) is 5.52. The molecule has 2 atom stereocenters. The number of carbonyl (C=O) groups excluding carboxylic acids is 2. The highest BCUT2D eigenvalue weighted by molar-refractivity contribution is 6.29. The lowest BCUT2D eigenvalue weighted by Crippen LogP contribution is -2.20. The fourth-order valence-electron chi connectivity index (χ4n) is 0.392. The zero-order valence-corrected chi connectivity index (χ0v) is 7.25. The number of esters is 1. The zero-order chi connectivity index (χ0) is 9.56. The van der Waals surface area contributed by atoms with Gasteiger partial charge in [0.05, 0.1) is 0 Å². The van der Waals surface area contributed by atoms with Crippen molar-refractivity contribution < 1.29 is 14.3 Å². The summed E-state index contributed by atoms with van der Waals surface area (Å²) in [5.74, 6) is -0.652. The molecule has 66 valence electrons. The van der Waals surface area contributed by atoms with Crippen molar-refractivity contribution >= 4 is 23.7 Å². The van der Waals surface area contributed by atoms with Gasteiger partial charge in [-0.1, -0.05) is 6.58 Å². The molecule has 5 heteroatoms. The van der Waals surface area contributed by atoms with E-state index in [-0.39, 0.29) is 0 Å². The molecule has 0 radical (unpaired) electrons. The van der Waals surface area contributed by atoms with Gasteiger partial charge < -0.3 is 4.74 Å². The van der Waals surface area contributed by atoms with Crippen LogP contribution in [0.15, 0.2) is 17.6 Å². The first-order valence-electron chi connectivity index (χ1n) is 3.16. The van der Waals surface area contributed by atoms with E-state index in [2.05, 4.69) is 16.3 Å². The molecule has 0 rings (SSSR count). The number of nitrogens with zero attached hydrogens (tertiary/aromatic N) is 1. The largest absolute Gasteiger partial charge is 0.434 e. The van der Waals surface area contributed by atoms with Crippen LogP contribution in [0.3, 0.4) is 0 Å². The minimum Gasteiger partial charge on any atom is -0.434 e. The van der Waals surface area contributed by atoms with Gasteiger partial charge in [-0.2, -0.15) is 4.99 Å². The van der Waals surface area contributed by atoms with Gasteiger partial charge in [0.15, 0.2) is 0 Å². The van der Waals surface area contributed by atoms with E-state index in [0.29, 0.717) is 0 Å². The maximum absolute atomic E-state index is 10.8. The lowest BCUT2D eigenvalue weighted by molar-refractivity contribution is -0.145. The minimum absolute atomic E-state index is 0.652. The SMILES string of the molecule is C=CC(N=C=O)OC(=O)C(C)Cl. The van der Waals surface area contributed by atoms with Crippen LogP contribution in [-0.4, -0.2) is 23.7 Å². The Balaban J connectivity index is 4.11.